The van der Waals surface area contributed by atoms with Crippen molar-refractivity contribution in [3.05, 3.63) is 137 Å². The van der Waals surface area contributed by atoms with E-state index in [4.69, 9.17) is 15.2 Å². The molecule has 10 rings (SSSR count). The first kappa shape index (κ1) is 41.6. The number of Topliss-reactive ketones (excluding diaryl/α,β-unsaturated/α-hetero) is 1. The largest absolute Gasteiger partial charge is 0.508 e. The summed E-state index contributed by atoms with van der Waals surface area (Å²) in [6.45, 7) is -0.0431. The molecule has 0 radical (unpaired) electrons. The van der Waals surface area contributed by atoms with Gasteiger partial charge in [0.25, 0.3) is 0 Å². The molecule has 5 aromatic carbocycles. The zero-order valence-electron chi connectivity index (χ0n) is 34.9. The number of ether oxygens (including phenoxy) is 2. The smallest absolute Gasteiger partial charge is 0.200 e. The fraction of sp³-hybridized carbons (Fsp3) is 0.404. The van der Waals surface area contributed by atoms with Gasteiger partial charge in [-0.2, -0.15) is 0 Å². The van der Waals surface area contributed by atoms with E-state index in [0.717, 1.165) is 54.4 Å². The summed E-state index contributed by atoms with van der Waals surface area (Å²) in [5, 5.41) is 67.1. The maximum absolute atomic E-state index is 14.7. The normalized spacial score (nSPS) is 26.0. The van der Waals surface area contributed by atoms with Gasteiger partial charge in [0, 0.05) is 17.9 Å². The summed E-state index contributed by atoms with van der Waals surface area (Å²) in [6, 6.07) is 31.5. The Bertz CT molecular complexity index is 2390. The van der Waals surface area contributed by atoms with Gasteiger partial charge in [0.2, 0.25) is 5.75 Å². The summed E-state index contributed by atoms with van der Waals surface area (Å²) in [7, 11) is 0. The Morgan fingerprint density at radius 2 is 1.50 bits per heavy atom. The molecule has 10 heteroatoms. The first-order valence-electron chi connectivity index (χ1n) is 22.2. The van der Waals surface area contributed by atoms with Crippen molar-refractivity contribution in [2.75, 3.05) is 6.73 Å². The van der Waals surface area contributed by atoms with Crippen LogP contribution in [0.2, 0.25) is 0 Å². The van der Waals surface area contributed by atoms with E-state index in [9.17, 15) is 35.4 Å². The number of hydrogen-bond donors (Lipinski definition) is 7. The van der Waals surface area contributed by atoms with Crippen molar-refractivity contribution in [3.8, 4) is 40.2 Å². The number of fused-ring (bicyclic) bond motifs is 1. The van der Waals surface area contributed by atoms with Crippen LogP contribution in [0.4, 0.5) is 0 Å². The maximum Gasteiger partial charge on any atom is 0.200 e. The number of phenols is 5. The van der Waals surface area contributed by atoms with E-state index in [1.165, 1.54) is 5.56 Å². The maximum atomic E-state index is 14.7. The Morgan fingerprint density at radius 3 is 2.24 bits per heavy atom. The zero-order valence-corrected chi connectivity index (χ0v) is 34.9. The quantitative estimate of drug-likeness (QED) is 0.0447. The van der Waals surface area contributed by atoms with E-state index in [0.29, 0.717) is 31.2 Å². The van der Waals surface area contributed by atoms with Gasteiger partial charge in [0.1, 0.15) is 30.6 Å². The van der Waals surface area contributed by atoms with Gasteiger partial charge >= 0.3 is 0 Å². The number of aromatic hydroxyl groups is 5. The molecule has 0 aromatic heterocycles. The molecule has 0 spiro atoms. The Hall–Kier alpha value is -5.71. The van der Waals surface area contributed by atoms with Crippen LogP contribution in [0.25, 0.3) is 0 Å². The van der Waals surface area contributed by atoms with Crippen LogP contribution < -0.4 is 15.2 Å². The van der Waals surface area contributed by atoms with Crippen LogP contribution in [-0.4, -0.2) is 49.3 Å². The van der Waals surface area contributed by atoms with Crippen LogP contribution in [0.3, 0.4) is 0 Å². The number of hydrogen-bond acceptors (Lipinski definition) is 10. The first-order chi connectivity index (χ1) is 30.0. The molecule has 5 aliphatic carbocycles. The number of aliphatic hydroxyl groups is 1. The summed E-state index contributed by atoms with van der Waals surface area (Å²) in [5.74, 6) is -1.28. The zero-order chi connectivity index (χ0) is 43.1. The molecule has 8 N–H and O–H groups in total. The van der Waals surface area contributed by atoms with Crippen LogP contribution in [0.1, 0.15) is 96.6 Å². The fourth-order valence-corrected chi connectivity index (χ4v) is 12.5. The van der Waals surface area contributed by atoms with Gasteiger partial charge in [-0.05, 0) is 156 Å². The number of rotatable bonds is 13. The number of carbonyl (C=O) groups is 1. The number of phenolic OH excluding ortho intramolecular Hbond substituents is 5. The highest BCUT2D eigenvalue weighted by molar-refractivity contribution is 5.82. The minimum atomic E-state index is -0.987. The van der Waals surface area contributed by atoms with Crippen molar-refractivity contribution in [2.45, 2.75) is 94.2 Å². The number of ketones is 1. The highest BCUT2D eigenvalue weighted by atomic mass is 16.5. The van der Waals surface area contributed by atoms with E-state index in [2.05, 4.69) is 24.3 Å². The molecule has 8 unspecified atom stereocenters. The van der Waals surface area contributed by atoms with Gasteiger partial charge in [0.05, 0.1) is 6.10 Å². The van der Waals surface area contributed by atoms with E-state index in [1.807, 2.05) is 24.3 Å². The molecule has 10 nitrogen and oxygen atoms in total. The molecular weight excluding hydrogens is 783 g/mol. The van der Waals surface area contributed by atoms with E-state index < -0.39 is 12.0 Å². The SMILES string of the molecule is NCOc1cc(CCC(=O)C2CC(Cc3ccc(O)cc3)C3CC4CC(C5(c6ccccc6)CCCC5)C(c5cc(O)c(O)c(OCc6cccc(O)c6)c54)C3C2O)ccc1O. The summed E-state index contributed by atoms with van der Waals surface area (Å²) in [4.78, 5) is 14.7. The van der Waals surface area contributed by atoms with Crippen LogP contribution >= 0.6 is 0 Å². The molecule has 0 saturated heterocycles. The Balaban J connectivity index is 1.17. The predicted molar refractivity (Wildman–Crippen MR) is 235 cm³/mol. The highest BCUT2D eigenvalue weighted by Gasteiger charge is 2.60. The second-order valence-corrected chi connectivity index (χ2v) is 18.3. The lowest BCUT2D eigenvalue weighted by atomic mass is 9.52. The van der Waals surface area contributed by atoms with Gasteiger partial charge in [-0.3, -0.25) is 10.5 Å². The molecule has 0 amide bonds. The predicted octanol–water partition coefficient (Wildman–Crippen LogP) is 8.87. The number of carbonyl (C=O) groups excluding carboxylic acids is 1. The number of aliphatic hydroxyl groups excluding tert-OH is 1. The number of aryl methyl sites for hydroxylation is 1. The van der Waals surface area contributed by atoms with Gasteiger partial charge in [-0.1, -0.05) is 73.5 Å². The Labute approximate surface area is 362 Å². The molecule has 2 bridgehead atoms. The monoisotopic (exact) mass is 839 g/mol. The lowest BCUT2D eigenvalue weighted by Crippen LogP contribution is -2.51. The Kier molecular flexibility index (Phi) is 11.6. The molecule has 8 atom stereocenters. The van der Waals surface area contributed by atoms with Gasteiger partial charge < -0.3 is 40.1 Å². The van der Waals surface area contributed by atoms with Crippen molar-refractivity contribution >= 4 is 5.78 Å². The lowest BCUT2D eigenvalue weighted by molar-refractivity contribution is -0.136. The summed E-state index contributed by atoms with van der Waals surface area (Å²) < 4.78 is 11.9. The highest BCUT2D eigenvalue weighted by Crippen LogP contribution is 2.68. The minimum absolute atomic E-state index is 0.00621. The third kappa shape index (κ3) is 7.72. The summed E-state index contributed by atoms with van der Waals surface area (Å²) in [6.07, 6.45) is 6.33. The summed E-state index contributed by atoms with van der Waals surface area (Å²) >= 11 is 0. The van der Waals surface area contributed by atoms with E-state index in [1.54, 1.807) is 54.6 Å². The first-order valence-corrected chi connectivity index (χ1v) is 22.2. The average Bonchev–Trinajstić information content (AvgIpc) is 3.65. The van der Waals surface area contributed by atoms with E-state index in [-0.39, 0.29) is 107 Å². The molecule has 3 fully saturated rings. The molecule has 5 aliphatic rings. The van der Waals surface area contributed by atoms with Crippen LogP contribution in [0.15, 0.2) is 103 Å². The van der Waals surface area contributed by atoms with Crippen molar-refractivity contribution < 1.29 is 44.9 Å². The summed E-state index contributed by atoms with van der Waals surface area (Å²) in [5.41, 5.74) is 11.0. The topological polar surface area (TPSA) is 183 Å². The molecule has 0 aliphatic heterocycles. The number of nitrogens with two attached hydrogens (primary N) is 1. The van der Waals surface area contributed by atoms with Crippen molar-refractivity contribution in [2.24, 2.45) is 35.3 Å². The van der Waals surface area contributed by atoms with Crippen LogP contribution in [0.5, 0.6) is 40.2 Å². The Morgan fingerprint density at radius 1 is 0.742 bits per heavy atom. The molecule has 62 heavy (non-hydrogen) atoms. The van der Waals surface area contributed by atoms with Gasteiger partial charge in [-0.25, -0.2) is 0 Å². The van der Waals surface area contributed by atoms with Crippen molar-refractivity contribution in [1.29, 1.82) is 0 Å². The second-order valence-electron chi connectivity index (χ2n) is 18.3. The van der Waals surface area contributed by atoms with Crippen molar-refractivity contribution in [3.63, 3.8) is 0 Å². The van der Waals surface area contributed by atoms with Crippen LogP contribution in [0, 0.1) is 29.6 Å². The molecular formula is C52H57NO9. The molecule has 5 aromatic rings. The lowest BCUT2D eigenvalue weighted by Gasteiger charge is -2.52. The second kappa shape index (κ2) is 17.2. The third-order valence-electron chi connectivity index (χ3n) is 15.1. The van der Waals surface area contributed by atoms with Crippen molar-refractivity contribution in [1.82, 2.24) is 0 Å². The van der Waals surface area contributed by atoms with Crippen LogP contribution in [-0.2, 0) is 29.7 Å². The molecule has 324 valence electrons. The number of benzene rings is 5. The molecule has 3 saturated carbocycles. The van der Waals surface area contributed by atoms with Gasteiger partial charge in [-0.15, -0.1) is 0 Å². The fourth-order valence-electron chi connectivity index (χ4n) is 12.5. The molecule has 0 heterocycles. The average molecular weight is 840 g/mol. The third-order valence-corrected chi connectivity index (χ3v) is 15.1. The minimum Gasteiger partial charge on any atom is -0.508 e. The standard InChI is InChI=1S/C52H57NO9/c53-29-62-45-23-31(14-18-43(45)57)13-17-42(56)39-24-33(21-30-11-15-36(54)16-12-30)38-25-34-26-41(52(19-4-5-20-52)35-8-2-1-3-9-35)47(48(38)49(39)59)40-27-44(58)50(60)51(46(34)40)61-28-32-7-6-10-37(55)22-32/h1-3,6-12,14-16,18,22-23,27,33-34,38-39,41,47-49,54-55,57-60H,4-5,13,17,19-21,24-26,28-29,53H2. The van der Waals surface area contributed by atoms with Gasteiger partial charge in [0.15, 0.2) is 23.0 Å². The van der Waals surface area contributed by atoms with E-state index >= 15 is 0 Å².